The summed E-state index contributed by atoms with van der Waals surface area (Å²) in [5, 5.41) is 7.97. The number of methoxy groups -OCH3 is 2. The summed E-state index contributed by atoms with van der Waals surface area (Å²) in [7, 11) is 3.25. The van der Waals surface area contributed by atoms with Crippen molar-refractivity contribution in [3.05, 3.63) is 118 Å². The monoisotopic (exact) mass is 645 g/mol. The summed E-state index contributed by atoms with van der Waals surface area (Å²) in [5.41, 5.74) is 8.36. The third kappa shape index (κ3) is 4.45. The molecule has 2 unspecified atom stereocenters. The molecule has 4 aliphatic rings. The molecule has 3 N–H and O–H groups in total. The van der Waals surface area contributed by atoms with E-state index in [1.807, 2.05) is 96.9 Å². The fourth-order valence-corrected chi connectivity index (χ4v) is 7.81. The number of para-hydroxylation sites is 2. The maximum atomic E-state index is 14.6. The minimum absolute atomic E-state index is 0.127. The van der Waals surface area contributed by atoms with E-state index in [0.29, 0.717) is 58.7 Å². The summed E-state index contributed by atoms with van der Waals surface area (Å²) in [6.45, 7) is 3.11. The topological polar surface area (TPSA) is 114 Å². The average Bonchev–Trinajstić information content (AvgIpc) is 3.67. The second kappa shape index (κ2) is 11.5. The fraction of sp³-hybridized carbons (Fsp3) is 0.243. The van der Waals surface area contributed by atoms with Crippen LogP contribution in [0.2, 0.25) is 0 Å². The number of allylic oxidation sites excluding steroid dienone is 1. The predicted molar refractivity (Wildman–Crippen MR) is 179 cm³/mol. The number of benzene rings is 4. The number of ether oxygens (including phenoxy) is 4. The molecular weight excluding hydrogens is 610 g/mol. The first-order valence-corrected chi connectivity index (χ1v) is 15.9. The summed E-state index contributed by atoms with van der Waals surface area (Å²) in [6.07, 6.45) is 0.719. The highest BCUT2D eigenvalue weighted by Gasteiger charge is 2.64. The number of nitrogens with one attached hydrogen (secondary N) is 3. The van der Waals surface area contributed by atoms with E-state index in [-0.39, 0.29) is 12.7 Å². The first-order valence-electron chi connectivity index (χ1n) is 15.9. The van der Waals surface area contributed by atoms with Gasteiger partial charge in [-0.15, -0.1) is 0 Å². The van der Waals surface area contributed by atoms with Crippen molar-refractivity contribution >= 4 is 23.3 Å². The molecule has 4 heterocycles. The summed E-state index contributed by atoms with van der Waals surface area (Å²) in [6, 6.07) is 26.1. The maximum Gasteiger partial charge on any atom is 0.338 e. The van der Waals surface area contributed by atoms with Crippen LogP contribution in [-0.4, -0.2) is 49.4 Å². The Labute approximate surface area is 278 Å². The summed E-state index contributed by atoms with van der Waals surface area (Å²) >= 11 is 0. The molecule has 4 aromatic rings. The van der Waals surface area contributed by atoms with Crippen molar-refractivity contribution in [2.75, 3.05) is 38.2 Å². The molecule has 0 saturated carbocycles. The highest BCUT2D eigenvalue weighted by Crippen LogP contribution is 2.62. The predicted octanol–water partition coefficient (Wildman–Crippen LogP) is 5.71. The number of urea groups is 1. The van der Waals surface area contributed by atoms with Crippen LogP contribution in [0.3, 0.4) is 0 Å². The molecule has 1 spiro atoms. The van der Waals surface area contributed by atoms with Gasteiger partial charge in [0.15, 0.2) is 28.7 Å². The van der Waals surface area contributed by atoms with Gasteiger partial charge in [-0.3, -0.25) is 14.7 Å². The third-order valence-corrected chi connectivity index (χ3v) is 9.75. The number of anilines is 2. The fourth-order valence-electron chi connectivity index (χ4n) is 7.81. The number of fused-ring (bicyclic) bond motifs is 4. The SMILES string of the molecule is COc1ccc2c(c1OC)CN1CCc3cc4c(cc3C13C2C(C(=O)Nc1ccccc1)=C(C)N3NC(=O)Nc1ccccc1)OCO4. The number of amides is 3. The molecule has 0 fully saturated rings. The van der Waals surface area contributed by atoms with Gasteiger partial charge in [-0.1, -0.05) is 42.5 Å². The van der Waals surface area contributed by atoms with Crippen LogP contribution >= 0.6 is 0 Å². The van der Waals surface area contributed by atoms with Crippen LogP contribution in [-0.2, 0) is 23.4 Å². The van der Waals surface area contributed by atoms with E-state index >= 15 is 0 Å². The van der Waals surface area contributed by atoms with Crippen molar-refractivity contribution in [1.29, 1.82) is 0 Å². The molecule has 0 aliphatic carbocycles. The van der Waals surface area contributed by atoms with Gasteiger partial charge in [0.25, 0.3) is 5.91 Å². The summed E-state index contributed by atoms with van der Waals surface area (Å²) < 4.78 is 23.4. The first kappa shape index (κ1) is 29.7. The van der Waals surface area contributed by atoms with Crippen LogP contribution in [0.15, 0.2) is 96.2 Å². The number of carbonyl (C=O) groups excluding carboxylic acids is 2. The lowest BCUT2D eigenvalue weighted by molar-refractivity contribution is -0.114. The zero-order valence-electron chi connectivity index (χ0n) is 26.8. The second-order valence-corrected chi connectivity index (χ2v) is 12.1. The van der Waals surface area contributed by atoms with Gasteiger partial charge in [-0.05, 0) is 66.9 Å². The van der Waals surface area contributed by atoms with Gasteiger partial charge in [0.1, 0.15) is 0 Å². The molecule has 0 saturated heterocycles. The number of hydrogen-bond donors (Lipinski definition) is 3. The highest BCUT2D eigenvalue weighted by atomic mass is 16.7. The van der Waals surface area contributed by atoms with Gasteiger partial charge in [-0.2, -0.15) is 0 Å². The highest BCUT2D eigenvalue weighted by molar-refractivity contribution is 6.06. The first-order chi connectivity index (χ1) is 23.4. The largest absolute Gasteiger partial charge is 0.493 e. The van der Waals surface area contributed by atoms with Gasteiger partial charge in [0.2, 0.25) is 6.79 Å². The van der Waals surface area contributed by atoms with Gasteiger partial charge in [0, 0.05) is 46.9 Å². The van der Waals surface area contributed by atoms with Crippen molar-refractivity contribution in [2.45, 2.75) is 31.5 Å². The van der Waals surface area contributed by atoms with E-state index in [2.05, 4.69) is 21.0 Å². The normalized spacial score (nSPS) is 20.2. The molecule has 0 bridgehead atoms. The number of nitrogens with zero attached hydrogens (tertiary/aromatic N) is 2. The van der Waals surface area contributed by atoms with Crippen molar-refractivity contribution in [1.82, 2.24) is 15.3 Å². The maximum absolute atomic E-state index is 14.6. The summed E-state index contributed by atoms with van der Waals surface area (Å²) in [4.78, 5) is 30.8. The number of carbonyl (C=O) groups is 2. The van der Waals surface area contributed by atoms with E-state index in [4.69, 9.17) is 18.9 Å². The Morgan fingerprint density at radius 1 is 0.875 bits per heavy atom. The lowest BCUT2D eigenvalue weighted by Gasteiger charge is -2.57. The molecular formula is C37H35N5O6. The van der Waals surface area contributed by atoms with E-state index in [1.54, 1.807) is 14.2 Å². The van der Waals surface area contributed by atoms with Gasteiger partial charge in [0.05, 0.1) is 20.1 Å². The zero-order valence-corrected chi connectivity index (χ0v) is 26.8. The van der Waals surface area contributed by atoms with Crippen LogP contribution in [0.25, 0.3) is 0 Å². The van der Waals surface area contributed by atoms with Crippen LogP contribution in [0, 0.1) is 0 Å². The molecule has 4 aromatic carbocycles. The molecule has 244 valence electrons. The number of rotatable bonds is 6. The standard InChI is InChI=1S/C37H35N5O6/c1-22-32(35(43)38-24-10-6-4-7-11-24)33-26-14-15-29(45-2)34(46-3)27(26)20-41-17-16-23-18-30-31(48-21-47-30)19-28(23)37(33,41)42(22)40-36(44)39-25-12-8-5-9-13-25/h4-15,18-19,33H,16-17,20-21H2,1-3H3,(H,38,43)(H2,39,40,44). The summed E-state index contributed by atoms with van der Waals surface area (Å²) in [5.74, 6) is 1.69. The zero-order chi connectivity index (χ0) is 33.0. The third-order valence-electron chi connectivity index (χ3n) is 9.75. The smallest absolute Gasteiger partial charge is 0.338 e. The van der Waals surface area contributed by atoms with Crippen molar-refractivity contribution in [2.24, 2.45) is 0 Å². The minimum atomic E-state index is -1.05. The Bertz CT molecular complexity index is 1970. The molecule has 8 rings (SSSR count). The Morgan fingerprint density at radius 2 is 1.56 bits per heavy atom. The van der Waals surface area contributed by atoms with Gasteiger partial charge < -0.3 is 29.6 Å². The molecule has 0 radical (unpaired) electrons. The lowest BCUT2D eigenvalue weighted by Crippen LogP contribution is -2.66. The van der Waals surface area contributed by atoms with Crippen molar-refractivity contribution in [3.8, 4) is 23.0 Å². The molecule has 11 nitrogen and oxygen atoms in total. The lowest BCUT2D eigenvalue weighted by atomic mass is 9.69. The van der Waals surface area contributed by atoms with Crippen molar-refractivity contribution in [3.63, 3.8) is 0 Å². The molecule has 4 aliphatic heterocycles. The molecule has 11 heteroatoms. The quantitative estimate of drug-likeness (QED) is 0.245. The molecule has 48 heavy (non-hydrogen) atoms. The minimum Gasteiger partial charge on any atom is -0.493 e. The number of hydrazine groups is 1. The Balaban J connectivity index is 1.36. The number of hydrogen-bond acceptors (Lipinski definition) is 8. The average molecular weight is 646 g/mol. The molecule has 3 amide bonds. The van der Waals surface area contributed by atoms with Gasteiger partial charge in [-0.25, -0.2) is 10.2 Å². The Hall–Kier alpha value is -5.68. The van der Waals surface area contributed by atoms with E-state index in [9.17, 15) is 9.59 Å². The molecule has 2 atom stereocenters. The van der Waals surface area contributed by atoms with E-state index in [0.717, 1.165) is 28.7 Å². The Kier molecular flexibility index (Phi) is 7.14. The van der Waals surface area contributed by atoms with Gasteiger partial charge >= 0.3 is 6.03 Å². The molecule has 0 aromatic heterocycles. The van der Waals surface area contributed by atoms with Crippen LogP contribution in [0.5, 0.6) is 23.0 Å². The van der Waals surface area contributed by atoms with Crippen LogP contribution in [0.4, 0.5) is 16.2 Å². The van der Waals surface area contributed by atoms with E-state index in [1.165, 1.54) is 0 Å². The van der Waals surface area contributed by atoms with Crippen LogP contribution in [0.1, 0.15) is 35.1 Å². The second-order valence-electron chi connectivity index (χ2n) is 12.1. The Morgan fingerprint density at radius 3 is 2.25 bits per heavy atom. The van der Waals surface area contributed by atoms with Crippen LogP contribution < -0.4 is 35.0 Å². The van der Waals surface area contributed by atoms with Crippen molar-refractivity contribution < 1.29 is 28.5 Å². The van der Waals surface area contributed by atoms with E-state index < -0.39 is 17.6 Å².